The topological polar surface area (TPSA) is 62.1 Å². The molecule has 0 N–H and O–H groups in total. The number of methoxy groups -OCH3 is 1. The van der Waals surface area contributed by atoms with Crippen LogP contribution in [0.1, 0.15) is 32.0 Å². The van der Waals surface area contributed by atoms with E-state index < -0.39 is 17.7 Å². The van der Waals surface area contributed by atoms with Crippen molar-refractivity contribution in [3.63, 3.8) is 0 Å². The van der Waals surface area contributed by atoms with Gasteiger partial charge in [0.05, 0.1) is 25.0 Å². The summed E-state index contributed by atoms with van der Waals surface area (Å²) < 4.78 is 55.1. The van der Waals surface area contributed by atoms with Crippen LogP contribution in [-0.4, -0.2) is 29.5 Å². The molecule has 200 valence electrons. The van der Waals surface area contributed by atoms with Gasteiger partial charge in [0, 0.05) is 11.8 Å². The smallest absolute Gasteiger partial charge is 0.493 e. The molecule has 38 heavy (non-hydrogen) atoms. The first-order chi connectivity index (χ1) is 17.8. The van der Waals surface area contributed by atoms with E-state index in [1.807, 2.05) is 32.9 Å². The van der Waals surface area contributed by atoms with Crippen LogP contribution >= 0.6 is 22.9 Å². The molecule has 2 aromatic carbocycles. The van der Waals surface area contributed by atoms with Crippen LogP contribution in [0, 0.1) is 5.41 Å². The van der Waals surface area contributed by atoms with E-state index in [-0.39, 0.29) is 11.0 Å². The van der Waals surface area contributed by atoms with Gasteiger partial charge in [-0.2, -0.15) is 0 Å². The summed E-state index contributed by atoms with van der Waals surface area (Å²) in [6, 6.07) is 10.5. The van der Waals surface area contributed by atoms with Gasteiger partial charge in [0.2, 0.25) is 0 Å². The molecule has 2 heterocycles. The standard InChI is InChI=1S/C27H24ClF3N2O4S/c1-26(2,3)15-36-23-17(6-5-7-20(23)35-4)10-13-19-22(24(34)33-14-21(28)38-25(33)32-19)16-8-11-18(12-9-16)37-27(29,30)31/h5-14H,15H2,1-4H3/b13-10+. The highest BCUT2D eigenvalue weighted by Gasteiger charge is 2.31. The number of fused-ring (bicyclic) bond motifs is 1. The molecule has 6 nitrogen and oxygen atoms in total. The Labute approximate surface area is 225 Å². The largest absolute Gasteiger partial charge is 0.573 e. The molecule has 2 aromatic heterocycles. The number of rotatable bonds is 7. The minimum Gasteiger partial charge on any atom is -0.493 e. The van der Waals surface area contributed by atoms with Crippen molar-refractivity contribution < 1.29 is 27.4 Å². The number of halogens is 4. The Morgan fingerprint density at radius 1 is 1.08 bits per heavy atom. The average Bonchev–Trinajstić information content (AvgIpc) is 3.21. The highest BCUT2D eigenvalue weighted by molar-refractivity contribution is 7.20. The van der Waals surface area contributed by atoms with Gasteiger partial charge in [0.25, 0.3) is 5.56 Å². The lowest BCUT2D eigenvalue weighted by Crippen LogP contribution is -2.18. The summed E-state index contributed by atoms with van der Waals surface area (Å²) in [4.78, 5) is 18.4. The zero-order chi connectivity index (χ0) is 27.7. The van der Waals surface area contributed by atoms with E-state index in [1.54, 1.807) is 25.3 Å². The van der Waals surface area contributed by atoms with Crippen LogP contribution in [0.3, 0.4) is 0 Å². The highest BCUT2D eigenvalue weighted by Crippen LogP contribution is 2.35. The molecule has 0 saturated carbocycles. The Balaban J connectivity index is 1.82. The van der Waals surface area contributed by atoms with Gasteiger partial charge in [-0.05, 0) is 41.3 Å². The maximum atomic E-state index is 13.4. The molecule has 0 radical (unpaired) electrons. The fourth-order valence-electron chi connectivity index (χ4n) is 3.58. The van der Waals surface area contributed by atoms with E-state index >= 15 is 0 Å². The van der Waals surface area contributed by atoms with E-state index in [1.165, 1.54) is 22.7 Å². The third-order valence-corrected chi connectivity index (χ3v) is 6.31. The van der Waals surface area contributed by atoms with Crippen LogP contribution in [0.5, 0.6) is 17.2 Å². The quantitative estimate of drug-likeness (QED) is 0.231. The predicted octanol–water partition coefficient (Wildman–Crippen LogP) is 7.58. The van der Waals surface area contributed by atoms with Gasteiger partial charge in [-0.3, -0.25) is 9.20 Å². The minimum atomic E-state index is -4.83. The maximum Gasteiger partial charge on any atom is 0.573 e. The summed E-state index contributed by atoms with van der Waals surface area (Å²) in [5.41, 5.74) is 1.03. The average molecular weight is 565 g/mol. The number of para-hydroxylation sites is 1. The Morgan fingerprint density at radius 3 is 2.42 bits per heavy atom. The Kier molecular flexibility index (Phi) is 7.75. The molecule has 0 bridgehead atoms. The van der Waals surface area contributed by atoms with Crippen molar-refractivity contribution in [3.05, 3.63) is 74.6 Å². The Hall–Kier alpha value is -3.50. The summed E-state index contributed by atoms with van der Waals surface area (Å²) in [5, 5.41) is 0. The van der Waals surface area contributed by atoms with Crippen LogP contribution < -0.4 is 19.8 Å². The fraction of sp³-hybridized carbons (Fsp3) is 0.259. The van der Waals surface area contributed by atoms with Gasteiger partial charge in [0.1, 0.15) is 10.1 Å². The third kappa shape index (κ3) is 6.49. The van der Waals surface area contributed by atoms with Crippen molar-refractivity contribution in [1.29, 1.82) is 0 Å². The number of benzene rings is 2. The second-order valence-electron chi connectivity index (χ2n) is 9.50. The van der Waals surface area contributed by atoms with Gasteiger partial charge in [-0.25, -0.2) is 4.98 Å². The lowest BCUT2D eigenvalue weighted by atomic mass is 9.98. The van der Waals surface area contributed by atoms with Crippen LogP contribution in [0.2, 0.25) is 4.34 Å². The lowest BCUT2D eigenvalue weighted by Gasteiger charge is -2.21. The van der Waals surface area contributed by atoms with Crippen molar-refractivity contribution in [3.8, 4) is 28.4 Å². The fourth-order valence-corrected chi connectivity index (χ4v) is 4.60. The number of alkyl halides is 3. The van der Waals surface area contributed by atoms with Gasteiger partial charge in [-0.1, -0.05) is 68.0 Å². The normalized spacial score (nSPS) is 12.3. The molecular formula is C27H24ClF3N2O4S. The van der Waals surface area contributed by atoms with Crippen molar-refractivity contribution in [2.75, 3.05) is 13.7 Å². The molecule has 0 unspecified atom stereocenters. The van der Waals surface area contributed by atoms with E-state index in [0.29, 0.717) is 44.2 Å². The van der Waals surface area contributed by atoms with Gasteiger partial charge < -0.3 is 14.2 Å². The van der Waals surface area contributed by atoms with Crippen molar-refractivity contribution in [1.82, 2.24) is 9.38 Å². The van der Waals surface area contributed by atoms with Gasteiger partial charge in [0.15, 0.2) is 16.5 Å². The first-order valence-electron chi connectivity index (χ1n) is 11.4. The first kappa shape index (κ1) is 27.5. The predicted molar refractivity (Wildman–Crippen MR) is 143 cm³/mol. The SMILES string of the molecule is COc1cccc(/C=C/c2nc3sc(Cl)cn3c(=O)c2-c2ccc(OC(F)(F)F)cc2)c1OCC(C)(C)C. The number of thiazole rings is 1. The zero-order valence-corrected chi connectivity index (χ0v) is 22.5. The van der Waals surface area contributed by atoms with E-state index in [0.717, 1.165) is 23.5 Å². The van der Waals surface area contributed by atoms with Gasteiger partial charge in [-0.15, -0.1) is 13.2 Å². The maximum absolute atomic E-state index is 13.4. The molecule has 0 saturated heterocycles. The zero-order valence-electron chi connectivity index (χ0n) is 20.9. The summed E-state index contributed by atoms with van der Waals surface area (Å²) in [6.07, 6.45) is 0.0315. The molecule has 4 rings (SSSR count). The van der Waals surface area contributed by atoms with Crippen LogP contribution in [0.15, 0.2) is 53.5 Å². The van der Waals surface area contributed by atoms with Crippen LogP contribution in [-0.2, 0) is 0 Å². The van der Waals surface area contributed by atoms with E-state index in [2.05, 4.69) is 9.72 Å². The Morgan fingerprint density at radius 2 is 1.79 bits per heavy atom. The summed E-state index contributed by atoms with van der Waals surface area (Å²) in [7, 11) is 1.55. The third-order valence-electron chi connectivity index (χ3n) is 5.21. The minimum absolute atomic E-state index is 0.100. The lowest BCUT2D eigenvalue weighted by molar-refractivity contribution is -0.274. The van der Waals surface area contributed by atoms with Crippen LogP contribution in [0.25, 0.3) is 28.2 Å². The molecule has 0 aliphatic rings. The van der Waals surface area contributed by atoms with Crippen molar-refractivity contribution >= 4 is 40.1 Å². The summed E-state index contributed by atoms with van der Waals surface area (Å²) in [6.45, 7) is 6.58. The van der Waals surface area contributed by atoms with E-state index in [9.17, 15) is 18.0 Å². The summed E-state index contributed by atoms with van der Waals surface area (Å²) in [5.74, 6) is 0.682. The number of hydrogen-bond acceptors (Lipinski definition) is 6. The molecule has 0 fully saturated rings. The molecule has 0 aliphatic carbocycles. The second-order valence-corrected chi connectivity index (χ2v) is 11.1. The monoisotopic (exact) mass is 564 g/mol. The van der Waals surface area contributed by atoms with E-state index in [4.69, 9.17) is 21.1 Å². The number of aromatic nitrogens is 2. The van der Waals surface area contributed by atoms with Crippen LogP contribution in [0.4, 0.5) is 13.2 Å². The number of hydrogen-bond donors (Lipinski definition) is 0. The van der Waals surface area contributed by atoms with Gasteiger partial charge >= 0.3 is 6.36 Å². The number of nitrogens with zero attached hydrogens (tertiary/aromatic N) is 2. The molecule has 0 amide bonds. The first-order valence-corrected chi connectivity index (χ1v) is 12.6. The molecule has 4 aromatic rings. The molecule has 0 aliphatic heterocycles. The highest BCUT2D eigenvalue weighted by atomic mass is 35.5. The Bertz CT molecular complexity index is 1540. The van der Waals surface area contributed by atoms with Crippen molar-refractivity contribution in [2.45, 2.75) is 27.1 Å². The molecular weight excluding hydrogens is 541 g/mol. The molecule has 11 heteroatoms. The second kappa shape index (κ2) is 10.7. The molecule has 0 atom stereocenters. The number of ether oxygens (including phenoxy) is 3. The molecule has 0 spiro atoms. The summed E-state index contributed by atoms with van der Waals surface area (Å²) >= 11 is 7.26. The van der Waals surface area contributed by atoms with Crippen molar-refractivity contribution in [2.24, 2.45) is 5.41 Å².